The van der Waals surface area contributed by atoms with E-state index in [-0.39, 0.29) is 5.91 Å². The lowest BCUT2D eigenvalue weighted by atomic mass is 10.2. The molecule has 1 N–H and O–H groups in total. The Kier molecular flexibility index (Phi) is 7.92. The van der Waals surface area contributed by atoms with Crippen LogP contribution in [0.3, 0.4) is 0 Å². The van der Waals surface area contributed by atoms with Crippen molar-refractivity contribution in [2.45, 2.75) is 13.8 Å². The van der Waals surface area contributed by atoms with Gasteiger partial charge in [-0.05, 0) is 80.1 Å². The molecule has 1 heterocycles. The third kappa shape index (κ3) is 6.25. The van der Waals surface area contributed by atoms with Gasteiger partial charge in [-0.15, -0.1) is 0 Å². The van der Waals surface area contributed by atoms with Gasteiger partial charge < -0.3 is 9.30 Å². The number of rotatable bonds is 7. The summed E-state index contributed by atoms with van der Waals surface area (Å²) >= 11 is 3.41. The highest BCUT2D eigenvalue weighted by molar-refractivity contribution is 9.10. The van der Waals surface area contributed by atoms with Crippen molar-refractivity contribution >= 4 is 40.1 Å². The molecule has 0 unspecified atom stereocenters. The number of benzene rings is 3. The maximum Gasteiger partial charge on any atom is 0.336 e. The summed E-state index contributed by atoms with van der Waals surface area (Å²) < 4.78 is 8.37. The maximum atomic E-state index is 12.6. The van der Waals surface area contributed by atoms with Crippen LogP contribution >= 0.6 is 15.9 Å². The first kappa shape index (κ1) is 24.9. The molecule has 0 saturated carbocycles. The molecule has 7 heteroatoms. The van der Waals surface area contributed by atoms with Crippen molar-refractivity contribution < 1.29 is 14.3 Å². The summed E-state index contributed by atoms with van der Waals surface area (Å²) in [6, 6.07) is 26.0. The number of hydrogen-bond acceptors (Lipinski definition) is 4. The number of halogens is 1. The Bertz CT molecular complexity index is 1420. The van der Waals surface area contributed by atoms with E-state index in [4.69, 9.17) is 4.74 Å². The SMILES string of the molecule is Cc1ccc(C)n1-c1ccc(C(=O)N/N=C/c2cc(Br)ccc2OC(=O)/C=C/c2ccccc2)cc1. The van der Waals surface area contributed by atoms with Gasteiger partial charge in [0, 0.05) is 38.8 Å². The van der Waals surface area contributed by atoms with Gasteiger partial charge in [0.15, 0.2) is 0 Å². The lowest BCUT2D eigenvalue weighted by Gasteiger charge is -2.10. The molecule has 0 saturated heterocycles. The molecule has 0 radical (unpaired) electrons. The van der Waals surface area contributed by atoms with Gasteiger partial charge >= 0.3 is 5.97 Å². The van der Waals surface area contributed by atoms with Crippen LogP contribution in [0.2, 0.25) is 0 Å². The summed E-state index contributed by atoms with van der Waals surface area (Å²) in [6.45, 7) is 4.07. The maximum absolute atomic E-state index is 12.6. The fourth-order valence-electron chi connectivity index (χ4n) is 3.65. The number of carbonyl (C=O) groups is 2. The number of aryl methyl sites for hydroxylation is 2. The van der Waals surface area contributed by atoms with Crippen LogP contribution in [-0.4, -0.2) is 22.7 Å². The predicted molar refractivity (Wildman–Crippen MR) is 146 cm³/mol. The van der Waals surface area contributed by atoms with E-state index in [0.717, 1.165) is 27.1 Å². The van der Waals surface area contributed by atoms with Crippen LogP contribution in [0.1, 0.15) is 32.9 Å². The van der Waals surface area contributed by atoms with E-state index in [1.165, 1.54) is 12.3 Å². The van der Waals surface area contributed by atoms with Crippen LogP contribution < -0.4 is 10.2 Å². The Morgan fingerprint density at radius 1 is 0.917 bits per heavy atom. The summed E-state index contributed by atoms with van der Waals surface area (Å²) in [4.78, 5) is 24.9. The van der Waals surface area contributed by atoms with E-state index in [1.807, 2.05) is 56.3 Å². The number of esters is 1. The highest BCUT2D eigenvalue weighted by Gasteiger charge is 2.09. The first-order chi connectivity index (χ1) is 17.4. The molecular weight excluding hydrogens is 518 g/mol. The molecule has 6 nitrogen and oxygen atoms in total. The smallest absolute Gasteiger partial charge is 0.336 e. The molecule has 0 spiro atoms. The number of nitrogens with zero attached hydrogens (tertiary/aromatic N) is 2. The van der Waals surface area contributed by atoms with E-state index in [2.05, 4.69) is 43.2 Å². The number of amides is 1. The minimum Gasteiger partial charge on any atom is -0.423 e. The molecule has 1 aromatic heterocycles. The second-order valence-corrected chi connectivity index (χ2v) is 8.96. The number of carbonyl (C=O) groups excluding carboxylic acids is 2. The van der Waals surface area contributed by atoms with Gasteiger partial charge in [-0.25, -0.2) is 10.2 Å². The molecule has 0 fully saturated rings. The van der Waals surface area contributed by atoms with Crippen LogP contribution in [0.15, 0.2) is 101 Å². The minimum atomic E-state index is -0.520. The predicted octanol–water partition coefficient (Wildman–Crippen LogP) is 6.24. The zero-order chi connectivity index (χ0) is 25.5. The Balaban J connectivity index is 1.41. The molecule has 0 aliphatic rings. The van der Waals surface area contributed by atoms with Crippen LogP contribution in [0, 0.1) is 13.8 Å². The van der Waals surface area contributed by atoms with Crippen LogP contribution in [0.4, 0.5) is 0 Å². The van der Waals surface area contributed by atoms with Crippen LogP contribution in [0.5, 0.6) is 5.75 Å². The minimum absolute atomic E-state index is 0.320. The largest absolute Gasteiger partial charge is 0.423 e. The molecule has 0 atom stereocenters. The molecule has 4 aromatic rings. The van der Waals surface area contributed by atoms with Crippen molar-refractivity contribution in [1.29, 1.82) is 0 Å². The van der Waals surface area contributed by atoms with Crippen molar-refractivity contribution in [3.05, 3.63) is 124 Å². The quantitative estimate of drug-likeness (QED) is 0.0989. The van der Waals surface area contributed by atoms with E-state index in [0.29, 0.717) is 16.9 Å². The van der Waals surface area contributed by atoms with Gasteiger partial charge in [-0.3, -0.25) is 4.79 Å². The van der Waals surface area contributed by atoms with Gasteiger partial charge in [0.05, 0.1) is 6.21 Å². The number of aromatic nitrogens is 1. The standard InChI is InChI=1S/C29H24BrN3O3/c1-20-8-9-21(2)33(20)26-14-11-23(12-15-26)29(35)32-31-19-24-18-25(30)13-16-27(24)36-28(34)17-10-22-6-4-3-5-7-22/h3-19H,1-2H3,(H,32,35)/b17-10+,31-19+. The summed E-state index contributed by atoms with van der Waals surface area (Å²) in [5.41, 5.74) is 7.64. The number of ether oxygens (including phenoxy) is 1. The van der Waals surface area contributed by atoms with Crippen molar-refractivity contribution in [2.24, 2.45) is 5.10 Å². The molecule has 4 rings (SSSR count). The summed E-state index contributed by atoms with van der Waals surface area (Å²) in [5, 5.41) is 4.06. The topological polar surface area (TPSA) is 72.7 Å². The van der Waals surface area contributed by atoms with Crippen molar-refractivity contribution in [3.63, 3.8) is 0 Å². The summed E-state index contributed by atoms with van der Waals surface area (Å²) in [7, 11) is 0. The monoisotopic (exact) mass is 541 g/mol. The van der Waals surface area contributed by atoms with Crippen molar-refractivity contribution in [1.82, 2.24) is 9.99 Å². The third-order valence-corrected chi connectivity index (χ3v) is 5.92. The molecular formula is C29H24BrN3O3. The third-order valence-electron chi connectivity index (χ3n) is 5.42. The van der Waals surface area contributed by atoms with E-state index >= 15 is 0 Å². The van der Waals surface area contributed by atoms with Gasteiger partial charge in [-0.1, -0.05) is 46.3 Å². The highest BCUT2D eigenvalue weighted by atomic mass is 79.9. The number of hydrogen-bond donors (Lipinski definition) is 1. The lowest BCUT2D eigenvalue weighted by Crippen LogP contribution is -2.17. The molecule has 36 heavy (non-hydrogen) atoms. The van der Waals surface area contributed by atoms with Crippen LogP contribution in [0.25, 0.3) is 11.8 Å². The lowest BCUT2D eigenvalue weighted by molar-refractivity contribution is -0.128. The number of hydrazone groups is 1. The fraction of sp³-hybridized carbons (Fsp3) is 0.0690. The molecule has 0 aliphatic carbocycles. The van der Waals surface area contributed by atoms with Gasteiger partial charge in [0.1, 0.15) is 5.75 Å². The van der Waals surface area contributed by atoms with Crippen molar-refractivity contribution in [3.8, 4) is 11.4 Å². The van der Waals surface area contributed by atoms with Gasteiger partial charge in [-0.2, -0.15) is 5.10 Å². The highest BCUT2D eigenvalue weighted by Crippen LogP contribution is 2.22. The van der Waals surface area contributed by atoms with Crippen molar-refractivity contribution in [2.75, 3.05) is 0 Å². The van der Waals surface area contributed by atoms with E-state index in [1.54, 1.807) is 36.4 Å². The molecule has 0 aliphatic heterocycles. The fourth-order valence-corrected chi connectivity index (χ4v) is 4.03. The average Bonchev–Trinajstić information content (AvgIpc) is 3.22. The summed E-state index contributed by atoms with van der Waals surface area (Å²) in [5.74, 6) is -0.549. The van der Waals surface area contributed by atoms with Gasteiger partial charge in [0.25, 0.3) is 5.91 Å². The number of nitrogens with one attached hydrogen (secondary N) is 1. The Morgan fingerprint density at radius 2 is 1.61 bits per heavy atom. The molecule has 180 valence electrons. The molecule has 0 bridgehead atoms. The van der Waals surface area contributed by atoms with Gasteiger partial charge in [0.2, 0.25) is 0 Å². The Labute approximate surface area is 218 Å². The Hall–Kier alpha value is -4.23. The molecule has 1 amide bonds. The first-order valence-corrected chi connectivity index (χ1v) is 12.0. The summed E-state index contributed by atoms with van der Waals surface area (Å²) in [6.07, 6.45) is 4.48. The zero-order valence-corrected chi connectivity index (χ0v) is 21.4. The first-order valence-electron chi connectivity index (χ1n) is 11.2. The van der Waals surface area contributed by atoms with E-state index < -0.39 is 5.97 Å². The second-order valence-electron chi connectivity index (χ2n) is 8.04. The molecule has 3 aromatic carbocycles. The average molecular weight is 542 g/mol. The van der Waals surface area contributed by atoms with E-state index in [9.17, 15) is 9.59 Å². The Morgan fingerprint density at radius 3 is 2.31 bits per heavy atom. The second kappa shape index (κ2) is 11.5. The normalized spacial score (nSPS) is 11.2. The van der Waals surface area contributed by atoms with Crippen LogP contribution in [-0.2, 0) is 4.79 Å². The zero-order valence-electron chi connectivity index (χ0n) is 19.8.